The lowest BCUT2D eigenvalue weighted by Gasteiger charge is -2.30. The van der Waals surface area contributed by atoms with Crippen LogP contribution in [-0.2, 0) is 9.53 Å². The van der Waals surface area contributed by atoms with Crippen LogP contribution in [0.1, 0.15) is 27.2 Å². The van der Waals surface area contributed by atoms with E-state index in [1.54, 1.807) is 0 Å². The maximum Gasteiger partial charge on any atom is 0.425 e. The highest BCUT2D eigenvalue weighted by Crippen LogP contribution is 2.42. The predicted molar refractivity (Wildman–Crippen MR) is 46.1 cm³/mol. The zero-order valence-electron chi connectivity index (χ0n) is 9.37. The Bertz CT molecular complexity index is 282. The quantitative estimate of drug-likeness (QED) is 0.577. The molecule has 2 nitrogen and oxygen atoms in total. The van der Waals surface area contributed by atoms with E-state index in [0.717, 1.165) is 6.92 Å². The molecule has 0 spiro atoms. The smallest absolute Gasteiger partial charge is 0.425 e. The van der Waals surface area contributed by atoms with E-state index in [0.29, 0.717) is 13.8 Å². The summed E-state index contributed by atoms with van der Waals surface area (Å²) in [5.74, 6) is -1.92. The molecule has 0 rings (SSSR count). The molecule has 102 valence electrons. The summed E-state index contributed by atoms with van der Waals surface area (Å²) in [6.45, 7) is 2.04. The highest BCUT2D eigenvalue weighted by molar-refractivity contribution is 5.77. The van der Waals surface area contributed by atoms with Crippen molar-refractivity contribution in [2.45, 2.75) is 45.6 Å². The topological polar surface area (TPSA) is 26.3 Å². The minimum Gasteiger partial charge on any atom is -0.452 e. The van der Waals surface area contributed by atoms with Gasteiger partial charge in [-0.1, -0.05) is 6.92 Å². The van der Waals surface area contributed by atoms with E-state index in [-0.39, 0.29) is 0 Å². The fourth-order valence-electron chi connectivity index (χ4n) is 0.818. The molecular weight excluding hydrogens is 254 g/mol. The number of esters is 1. The molecule has 2 unspecified atom stereocenters. The first-order chi connectivity index (χ1) is 7.36. The van der Waals surface area contributed by atoms with Crippen LogP contribution in [0.15, 0.2) is 0 Å². The van der Waals surface area contributed by atoms with Gasteiger partial charge >= 0.3 is 18.3 Å². The van der Waals surface area contributed by atoms with Crippen molar-refractivity contribution >= 4 is 5.97 Å². The van der Waals surface area contributed by atoms with Crippen LogP contribution in [0.4, 0.5) is 26.3 Å². The summed E-state index contributed by atoms with van der Waals surface area (Å²) in [4.78, 5) is 11.2. The molecule has 0 aliphatic carbocycles. The highest BCUT2D eigenvalue weighted by atomic mass is 19.4. The average molecular weight is 266 g/mol. The molecule has 8 heteroatoms. The van der Waals surface area contributed by atoms with Gasteiger partial charge in [0.05, 0.1) is 0 Å². The second kappa shape index (κ2) is 4.73. The van der Waals surface area contributed by atoms with Crippen LogP contribution in [0.5, 0.6) is 0 Å². The largest absolute Gasteiger partial charge is 0.452 e. The first-order valence-electron chi connectivity index (χ1n) is 4.70. The molecule has 0 aliphatic rings. The van der Waals surface area contributed by atoms with Crippen molar-refractivity contribution in [3.63, 3.8) is 0 Å². The molecule has 0 radical (unpaired) electrons. The maximum absolute atomic E-state index is 12.5. The average Bonchev–Trinajstić information content (AvgIpc) is 2.12. The van der Waals surface area contributed by atoms with Crippen LogP contribution in [0, 0.1) is 5.41 Å². The predicted octanol–water partition coefficient (Wildman–Crippen LogP) is 3.46. The van der Waals surface area contributed by atoms with Crippen LogP contribution >= 0.6 is 0 Å². The second-order valence-corrected chi connectivity index (χ2v) is 3.77. The molecular formula is C9H12F6O2. The fourth-order valence-corrected chi connectivity index (χ4v) is 0.818. The molecule has 0 aromatic carbocycles. The molecule has 0 saturated heterocycles. The third-order valence-corrected chi connectivity index (χ3v) is 2.53. The van der Waals surface area contributed by atoms with Crippen molar-refractivity contribution in [1.29, 1.82) is 0 Å². The number of carbonyl (C=O) groups excluding carboxylic acids is 1. The van der Waals surface area contributed by atoms with Crippen molar-refractivity contribution in [2.75, 3.05) is 0 Å². The Morgan fingerprint density at radius 1 is 1.18 bits per heavy atom. The van der Waals surface area contributed by atoms with Gasteiger partial charge in [0.1, 0.15) is 0 Å². The fraction of sp³-hybridized carbons (Fsp3) is 0.889. The lowest BCUT2D eigenvalue weighted by atomic mass is 9.87. The Balaban J connectivity index is 4.93. The molecule has 17 heavy (non-hydrogen) atoms. The summed E-state index contributed by atoms with van der Waals surface area (Å²) in [5, 5.41) is 0. The zero-order valence-corrected chi connectivity index (χ0v) is 9.37. The number of ether oxygens (including phenoxy) is 1. The Hall–Kier alpha value is -0.950. The standard InChI is InChI=1S/C9H12F6O2/c1-4-7(3,9(13,14)15)6(16)17-5(2)8(10,11)12/h5H,4H2,1-3H3. The SMILES string of the molecule is CCC(C)(C(=O)OC(C)C(F)(F)F)C(F)(F)F. The number of carbonyl (C=O) groups is 1. The highest BCUT2D eigenvalue weighted by Gasteiger charge is 2.57. The minimum atomic E-state index is -4.95. The molecule has 0 aromatic heterocycles. The molecule has 0 saturated carbocycles. The monoisotopic (exact) mass is 266 g/mol. The molecule has 2 atom stereocenters. The van der Waals surface area contributed by atoms with E-state index in [1.165, 1.54) is 0 Å². The van der Waals surface area contributed by atoms with E-state index in [9.17, 15) is 31.1 Å². The number of rotatable bonds is 3. The minimum absolute atomic E-state index is 0.477. The molecule has 0 bridgehead atoms. The van der Waals surface area contributed by atoms with E-state index < -0.39 is 36.3 Å². The summed E-state index contributed by atoms with van der Waals surface area (Å²) >= 11 is 0. The summed E-state index contributed by atoms with van der Waals surface area (Å²) in [6.07, 6.45) is -13.1. The van der Waals surface area contributed by atoms with Crippen LogP contribution in [-0.4, -0.2) is 24.4 Å². The summed E-state index contributed by atoms with van der Waals surface area (Å²) < 4.78 is 77.5. The zero-order chi connectivity index (χ0) is 14.1. The molecule has 0 N–H and O–H groups in total. The maximum atomic E-state index is 12.5. The Kier molecular flexibility index (Phi) is 4.47. The van der Waals surface area contributed by atoms with Gasteiger partial charge in [0.15, 0.2) is 11.5 Å². The van der Waals surface area contributed by atoms with Crippen LogP contribution < -0.4 is 0 Å². The van der Waals surface area contributed by atoms with Gasteiger partial charge in [-0.15, -0.1) is 0 Å². The summed E-state index contributed by atoms with van der Waals surface area (Å²) in [7, 11) is 0. The first kappa shape index (κ1) is 16.1. The summed E-state index contributed by atoms with van der Waals surface area (Å²) in [6, 6.07) is 0. The normalized spacial score (nSPS) is 18.4. The molecule has 0 aliphatic heterocycles. The van der Waals surface area contributed by atoms with Gasteiger partial charge in [0.25, 0.3) is 0 Å². The number of hydrogen-bond acceptors (Lipinski definition) is 2. The first-order valence-corrected chi connectivity index (χ1v) is 4.70. The Labute approximate surface area is 93.9 Å². The number of halogens is 6. The Morgan fingerprint density at radius 3 is 1.82 bits per heavy atom. The van der Waals surface area contributed by atoms with Crippen molar-refractivity contribution in [2.24, 2.45) is 5.41 Å². The molecule has 0 aromatic rings. The number of alkyl halides is 6. The van der Waals surface area contributed by atoms with Crippen molar-refractivity contribution in [1.82, 2.24) is 0 Å². The van der Waals surface area contributed by atoms with E-state index in [2.05, 4.69) is 4.74 Å². The van der Waals surface area contributed by atoms with Crippen LogP contribution in [0.3, 0.4) is 0 Å². The third kappa shape index (κ3) is 3.50. The van der Waals surface area contributed by atoms with Crippen molar-refractivity contribution in [3.8, 4) is 0 Å². The van der Waals surface area contributed by atoms with Gasteiger partial charge in [-0.3, -0.25) is 4.79 Å². The lowest BCUT2D eigenvalue weighted by Crippen LogP contribution is -2.46. The van der Waals surface area contributed by atoms with Crippen molar-refractivity contribution < 1.29 is 35.9 Å². The molecule has 0 heterocycles. The van der Waals surface area contributed by atoms with Crippen molar-refractivity contribution in [3.05, 3.63) is 0 Å². The van der Waals surface area contributed by atoms with Gasteiger partial charge in [0, 0.05) is 0 Å². The van der Waals surface area contributed by atoms with E-state index >= 15 is 0 Å². The lowest BCUT2D eigenvalue weighted by molar-refractivity contribution is -0.252. The molecule has 0 fully saturated rings. The Morgan fingerprint density at radius 2 is 1.59 bits per heavy atom. The van der Waals surface area contributed by atoms with Gasteiger partial charge < -0.3 is 4.74 Å². The van der Waals surface area contributed by atoms with Gasteiger partial charge in [-0.25, -0.2) is 0 Å². The van der Waals surface area contributed by atoms with Gasteiger partial charge in [0.2, 0.25) is 0 Å². The van der Waals surface area contributed by atoms with Crippen LogP contribution in [0.2, 0.25) is 0 Å². The van der Waals surface area contributed by atoms with Gasteiger partial charge in [-0.05, 0) is 20.3 Å². The second-order valence-electron chi connectivity index (χ2n) is 3.77. The van der Waals surface area contributed by atoms with E-state index in [1.807, 2.05) is 0 Å². The van der Waals surface area contributed by atoms with Crippen LogP contribution in [0.25, 0.3) is 0 Å². The van der Waals surface area contributed by atoms with Gasteiger partial charge in [-0.2, -0.15) is 26.3 Å². The third-order valence-electron chi connectivity index (χ3n) is 2.53. The van der Waals surface area contributed by atoms with E-state index in [4.69, 9.17) is 0 Å². The molecule has 0 amide bonds. The number of hydrogen-bond donors (Lipinski definition) is 0. The summed E-state index contributed by atoms with van der Waals surface area (Å²) in [5.41, 5.74) is -2.92.